The summed E-state index contributed by atoms with van der Waals surface area (Å²) < 4.78 is 0. The monoisotopic (exact) mass is 461 g/mol. The van der Waals surface area contributed by atoms with Crippen molar-refractivity contribution < 1.29 is 0 Å². The number of hydrogen-bond donors (Lipinski definition) is 2. The lowest BCUT2D eigenvalue weighted by Crippen LogP contribution is -2.42. The van der Waals surface area contributed by atoms with Gasteiger partial charge in [0.15, 0.2) is 5.96 Å². The van der Waals surface area contributed by atoms with Crippen LogP contribution >= 0.6 is 24.0 Å². The van der Waals surface area contributed by atoms with Crippen molar-refractivity contribution in [2.24, 2.45) is 10.9 Å². The highest BCUT2D eigenvalue weighted by atomic mass is 127. The fourth-order valence-corrected chi connectivity index (χ4v) is 2.95. The Hall–Kier alpha value is -0.890. The number of nitrogens with one attached hydrogen (secondary N) is 2. The predicted octanol–water partition coefficient (Wildman–Crippen LogP) is 3.16. The van der Waals surface area contributed by atoms with E-state index in [-0.39, 0.29) is 24.0 Å². The molecule has 1 aromatic heterocycles. The van der Waals surface area contributed by atoms with Gasteiger partial charge in [-0.3, -0.25) is 9.98 Å². The Kier molecular flexibility index (Phi) is 13.8. The molecular weight excluding hydrogens is 425 g/mol. The van der Waals surface area contributed by atoms with Gasteiger partial charge in [-0.1, -0.05) is 32.8 Å². The summed E-state index contributed by atoms with van der Waals surface area (Å²) in [6.45, 7) is 9.15. The van der Waals surface area contributed by atoms with E-state index in [1.54, 1.807) is 0 Å². The van der Waals surface area contributed by atoms with Gasteiger partial charge in [-0.2, -0.15) is 0 Å². The Labute approximate surface area is 171 Å². The number of pyridine rings is 1. The summed E-state index contributed by atoms with van der Waals surface area (Å²) in [5, 5.41) is 6.76. The Morgan fingerprint density at radius 1 is 1.16 bits per heavy atom. The van der Waals surface area contributed by atoms with E-state index in [2.05, 4.69) is 61.5 Å². The van der Waals surface area contributed by atoms with Gasteiger partial charge in [0.2, 0.25) is 0 Å². The number of halogens is 1. The van der Waals surface area contributed by atoms with Crippen molar-refractivity contribution in [3.8, 4) is 0 Å². The van der Waals surface area contributed by atoms with Gasteiger partial charge in [-0.25, -0.2) is 0 Å². The van der Waals surface area contributed by atoms with Gasteiger partial charge in [0.05, 0.1) is 6.54 Å². The van der Waals surface area contributed by atoms with Crippen LogP contribution in [-0.2, 0) is 6.42 Å². The lowest BCUT2D eigenvalue weighted by Gasteiger charge is -2.30. The molecule has 0 spiro atoms. The van der Waals surface area contributed by atoms with Gasteiger partial charge in [0.25, 0.3) is 0 Å². The summed E-state index contributed by atoms with van der Waals surface area (Å²) in [4.78, 5) is 11.5. The van der Waals surface area contributed by atoms with Crippen LogP contribution in [0.3, 0.4) is 0 Å². The van der Waals surface area contributed by atoms with Crippen LogP contribution in [0.15, 0.2) is 29.4 Å². The third kappa shape index (κ3) is 9.39. The van der Waals surface area contributed by atoms with Crippen LogP contribution in [0.5, 0.6) is 0 Å². The van der Waals surface area contributed by atoms with E-state index in [9.17, 15) is 0 Å². The van der Waals surface area contributed by atoms with Gasteiger partial charge < -0.3 is 15.5 Å². The Balaban J connectivity index is 0.00000576. The first-order valence-electron chi connectivity index (χ1n) is 9.20. The number of guanidine groups is 1. The first-order valence-corrected chi connectivity index (χ1v) is 9.20. The molecule has 5 nitrogen and oxygen atoms in total. The first-order chi connectivity index (χ1) is 11.6. The molecule has 0 saturated carbocycles. The quantitative estimate of drug-likeness (QED) is 0.319. The zero-order valence-electron chi connectivity index (χ0n) is 16.5. The van der Waals surface area contributed by atoms with Crippen molar-refractivity contribution in [1.29, 1.82) is 0 Å². The third-order valence-corrected chi connectivity index (χ3v) is 4.44. The Morgan fingerprint density at radius 2 is 1.88 bits per heavy atom. The molecule has 1 rings (SSSR count). The SMILES string of the molecule is CCNC(=NCC(C(CC)CC)N(C)C)NCCc1ccccn1.I. The fourth-order valence-electron chi connectivity index (χ4n) is 2.95. The molecule has 0 aromatic carbocycles. The molecule has 25 heavy (non-hydrogen) atoms. The number of hydrogen-bond acceptors (Lipinski definition) is 3. The topological polar surface area (TPSA) is 52.6 Å². The highest BCUT2D eigenvalue weighted by Crippen LogP contribution is 2.17. The van der Waals surface area contributed by atoms with E-state index >= 15 is 0 Å². The van der Waals surface area contributed by atoms with Crippen molar-refractivity contribution in [1.82, 2.24) is 20.5 Å². The molecular formula is C19H36IN5. The van der Waals surface area contributed by atoms with E-state index in [0.717, 1.165) is 37.7 Å². The van der Waals surface area contributed by atoms with E-state index in [0.29, 0.717) is 12.0 Å². The van der Waals surface area contributed by atoms with E-state index < -0.39 is 0 Å². The average Bonchev–Trinajstić information content (AvgIpc) is 2.59. The minimum absolute atomic E-state index is 0. The van der Waals surface area contributed by atoms with Gasteiger partial charge in [0.1, 0.15) is 0 Å². The van der Waals surface area contributed by atoms with Gasteiger partial charge >= 0.3 is 0 Å². The second-order valence-electron chi connectivity index (χ2n) is 6.33. The van der Waals surface area contributed by atoms with Crippen LogP contribution in [0.1, 0.15) is 39.3 Å². The summed E-state index contributed by atoms with van der Waals surface area (Å²) in [6.07, 6.45) is 5.12. The van der Waals surface area contributed by atoms with Crippen molar-refractivity contribution in [3.63, 3.8) is 0 Å². The smallest absolute Gasteiger partial charge is 0.191 e. The number of nitrogens with zero attached hydrogens (tertiary/aromatic N) is 3. The minimum Gasteiger partial charge on any atom is -0.357 e. The first kappa shape index (κ1) is 24.1. The minimum atomic E-state index is 0. The second kappa shape index (κ2) is 14.3. The molecule has 0 aliphatic rings. The van der Waals surface area contributed by atoms with Crippen molar-refractivity contribution in [3.05, 3.63) is 30.1 Å². The van der Waals surface area contributed by atoms with Crippen LogP contribution in [0.2, 0.25) is 0 Å². The van der Waals surface area contributed by atoms with Crippen molar-refractivity contribution >= 4 is 29.9 Å². The summed E-state index contributed by atoms with van der Waals surface area (Å²) >= 11 is 0. The van der Waals surface area contributed by atoms with Gasteiger partial charge in [0, 0.05) is 37.4 Å². The molecule has 0 amide bonds. The zero-order chi connectivity index (χ0) is 17.8. The molecule has 1 aromatic rings. The molecule has 2 N–H and O–H groups in total. The molecule has 0 aliphatic carbocycles. The van der Waals surface area contributed by atoms with Crippen LogP contribution in [0, 0.1) is 5.92 Å². The summed E-state index contributed by atoms with van der Waals surface area (Å²) in [5.41, 5.74) is 1.10. The molecule has 1 heterocycles. The number of aliphatic imine (C=N–C) groups is 1. The van der Waals surface area contributed by atoms with Crippen LogP contribution < -0.4 is 10.6 Å². The zero-order valence-corrected chi connectivity index (χ0v) is 18.8. The standard InChI is InChI=1S/C19H35N5.HI/c1-6-16(7-2)18(24(4)5)15-23-19(20-8-3)22-14-12-17-11-9-10-13-21-17;/h9-11,13,16,18H,6-8,12,14-15H2,1-5H3,(H2,20,22,23);1H. The van der Waals surface area contributed by atoms with Crippen LogP contribution in [0.25, 0.3) is 0 Å². The molecule has 0 bridgehead atoms. The van der Waals surface area contributed by atoms with Gasteiger partial charge in [-0.05, 0) is 39.1 Å². The van der Waals surface area contributed by atoms with Gasteiger partial charge in [-0.15, -0.1) is 24.0 Å². The third-order valence-electron chi connectivity index (χ3n) is 4.44. The number of aromatic nitrogens is 1. The van der Waals surface area contributed by atoms with E-state index in [1.165, 1.54) is 12.8 Å². The van der Waals surface area contributed by atoms with Crippen LogP contribution in [-0.4, -0.2) is 55.6 Å². The fraction of sp³-hybridized carbons (Fsp3) is 0.684. The number of rotatable bonds is 10. The molecule has 144 valence electrons. The van der Waals surface area contributed by atoms with Crippen molar-refractivity contribution in [2.75, 3.05) is 33.7 Å². The summed E-state index contributed by atoms with van der Waals surface area (Å²) in [5.74, 6) is 1.58. The molecule has 1 unspecified atom stereocenters. The lowest BCUT2D eigenvalue weighted by molar-refractivity contribution is 0.206. The predicted molar refractivity (Wildman–Crippen MR) is 119 cm³/mol. The molecule has 0 fully saturated rings. The maximum atomic E-state index is 4.82. The summed E-state index contributed by atoms with van der Waals surface area (Å²) in [6, 6.07) is 6.51. The molecule has 6 heteroatoms. The second-order valence-corrected chi connectivity index (χ2v) is 6.33. The van der Waals surface area contributed by atoms with E-state index in [4.69, 9.17) is 4.99 Å². The summed E-state index contributed by atoms with van der Waals surface area (Å²) in [7, 11) is 4.31. The highest BCUT2D eigenvalue weighted by Gasteiger charge is 2.20. The molecule has 0 aliphatic heterocycles. The highest BCUT2D eigenvalue weighted by molar-refractivity contribution is 14.0. The largest absolute Gasteiger partial charge is 0.357 e. The average molecular weight is 461 g/mol. The maximum Gasteiger partial charge on any atom is 0.191 e. The van der Waals surface area contributed by atoms with E-state index in [1.807, 2.05) is 18.3 Å². The van der Waals surface area contributed by atoms with Crippen molar-refractivity contribution in [2.45, 2.75) is 46.1 Å². The maximum absolute atomic E-state index is 4.82. The lowest BCUT2D eigenvalue weighted by atomic mass is 9.93. The molecule has 0 radical (unpaired) electrons. The number of likely N-dealkylation sites (N-methyl/N-ethyl adjacent to an activating group) is 1. The molecule has 0 saturated heterocycles. The Morgan fingerprint density at radius 3 is 2.40 bits per heavy atom. The van der Waals surface area contributed by atoms with Crippen LogP contribution in [0.4, 0.5) is 0 Å². The molecule has 1 atom stereocenters. The Bertz CT molecular complexity index is 460. The normalized spacial score (nSPS) is 12.8.